The summed E-state index contributed by atoms with van der Waals surface area (Å²) in [6, 6.07) is 71.6. The molecule has 0 saturated heterocycles. The van der Waals surface area contributed by atoms with Crippen molar-refractivity contribution in [3.8, 4) is 54.3 Å². The van der Waals surface area contributed by atoms with Crippen molar-refractivity contribution in [3.63, 3.8) is 0 Å². The first-order valence-corrected chi connectivity index (χ1v) is 20.1. The maximum absolute atomic E-state index is 2.47. The molecule has 0 aliphatic rings. The summed E-state index contributed by atoms with van der Waals surface area (Å²) in [6.45, 7) is 0. The molecule has 0 spiro atoms. The van der Waals surface area contributed by atoms with Crippen LogP contribution in [0.3, 0.4) is 0 Å². The molecule has 0 nitrogen and oxygen atoms in total. The van der Waals surface area contributed by atoms with Gasteiger partial charge in [-0.2, -0.15) is 0 Å². The second-order valence-corrected chi connectivity index (χ2v) is 16.1. The van der Waals surface area contributed by atoms with Crippen LogP contribution >= 0.6 is 22.7 Å². The van der Waals surface area contributed by atoms with E-state index in [1.54, 1.807) is 0 Å². The number of rotatable bonds is 5. The van der Waals surface area contributed by atoms with Gasteiger partial charge in [-0.1, -0.05) is 164 Å². The Morgan fingerprint density at radius 2 is 0.648 bits per heavy atom. The number of fused-ring (bicyclic) bond motifs is 5. The smallest absolute Gasteiger partial charge is 0.0446 e. The van der Waals surface area contributed by atoms with Crippen molar-refractivity contribution in [3.05, 3.63) is 194 Å². The van der Waals surface area contributed by atoms with Gasteiger partial charge in [0.2, 0.25) is 0 Å². The van der Waals surface area contributed by atoms with E-state index in [1.165, 1.54) is 107 Å². The summed E-state index contributed by atoms with van der Waals surface area (Å²) in [4.78, 5) is 2.62. The van der Waals surface area contributed by atoms with E-state index in [0.717, 1.165) is 0 Å². The molecular formula is C52H32S2. The standard InChI is InChI=1S/C52H32S2/c1-4-16-33(17-5-1)38-28-29-39-42(32-38)50(52-48(35-20-8-3-9-21-35)41-25-13-15-27-46(41)54-52)44-31-37-23-11-10-22-36(37)30-43(44)49(39)51-47(34-18-6-2-7-19-34)40-24-12-14-26-45(40)53-51/h1-32H. The SMILES string of the molecule is c1ccc(-c2ccc3c(-c4sc5ccccc5c4-c4ccccc4)c4cc5ccccc5cc4c(-c4sc5ccccc5c4-c4ccccc4)c3c2)cc1. The molecule has 252 valence electrons. The van der Waals surface area contributed by atoms with E-state index >= 15 is 0 Å². The van der Waals surface area contributed by atoms with Gasteiger partial charge in [-0.3, -0.25) is 0 Å². The zero-order valence-corrected chi connectivity index (χ0v) is 30.9. The molecule has 0 saturated carbocycles. The Morgan fingerprint density at radius 1 is 0.241 bits per heavy atom. The lowest BCUT2D eigenvalue weighted by molar-refractivity contribution is 1.64. The summed E-state index contributed by atoms with van der Waals surface area (Å²) in [6.07, 6.45) is 0. The van der Waals surface area contributed by atoms with Crippen LogP contribution in [0.5, 0.6) is 0 Å². The minimum absolute atomic E-state index is 1.22. The Balaban J connectivity index is 1.37. The fourth-order valence-electron chi connectivity index (χ4n) is 8.44. The van der Waals surface area contributed by atoms with Crippen LogP contribution in [0, 0.1) is 0 Å². The van der Waals surface area contributed by atoms with Crippen LogP contribution in [0.25, 0.3) is 107 Å². The lowest BCUT2D eigenvalue weighted by Gasteiger charge is -2.20. The summed E-state index contributed by atoms with van der Waals surface area (Å²) in [5, 5.41) is 10.2. The second-order valence-electron chi connectivity index (χ2n) is 14.0. The highest BCUT2D eigenvalue weighted by Crippen LogP contribution is 2.55. The minimum Gasteiger partial charge on any atom is -0.134 e. The van der Waals surface area contributed by atoms with Gasteiger partial charge in [0.05, 0.1) is 0 Å². The Kier molecular flexibility index (Phi) is 7.33. The van der Waals surface area contributed by atoms with Gasteiger partial charge in [0.15, 0.2) is 0 Å². The molecule has 0 unspecified atom stereocenters. The van der Waals surface area contributed by atoms with Crippen LogP contribution in [0.4, 0.5) is 0 Å². The van der Waals surface area contributed by atoms with Crippen LogP contribution in [0.2, 0.25) is 0 Å². The monoisotopic (exact) mass is 720 g/mol. The highest BCUT2D eigenvalue weighted by Gasteiger charge is 2.26. The van der Waals surface area contributed by atoms with Crippen molar-refractivity contribution >= 4 is 75.2 Å². The topological polar surface area (TPSA) is 0 Å². The predicted molar refractivity (Wildman–Crippen MR) is 237 cm³/mol. The van der Waals surface area contributed by atoms with Gasteiger partial charge in [-0.15, -0.1) is 22.7 Å². The summed E-state index contributed by atoms with van der Waals surface area (Å²) in [5.41, 5.74) is 10.1. The van der Waals surface area contributed by atoms with Gasteiger partial charge in [-0.25, -0.2) is 0 Å². The van der Waals surface area contributed by atoms with Crippen molar-refractivity contribution < 1.29 is 0 Å². The number of hydrogen-bond acceptors (Lipinski definition) is 2. The summed E-state index contributed by atoms with van der Waals surface area (Å²) in [5.74, 6) is 0. The third kappa shape index (κ3) is 4.95. The van der Waals surface area contributed by atoms with Crippen molar-refractivity contribution in [1.82, 2.24) is 0 Å². The zero-order chi connectivity index (χ0) is 35.6. The molecule has 2 heterocycles. The van der Waals surface area contributed by atoms with E-state index in [9.17, 15) is 0 Å². The van der Waals surface area contributed by atoms with E-state index in [1.807, 2.05) is 22.7 Å². The van der Waals surface area contributed by atoms with Gasteiger partial charge < -0.3 is 0 Å². The molecule has 0 N–H and O–H groups in total. The van der Waals surface area contributed by atoms with Gasteiger partial charge in [0.25, 0.3) is 0 Å². The highest BCUT2D eigenvalue weighted by molar-refractivity contribution is 7.23. The lowest BCUT2D eigenvalue weighted by atomic mass is 9.84. The van der Waals surface area contributed by atoms with Crippen molar-refractivity contribution in [2.75, 3.05) is 0 Å². The van der Waals surface area contributed by atoms with Gasteiger partial charge in [0, 0.05) is 52.2 Å². The maximum atomic E-state index is 2.47. The molecule has 0 atom stereocenters. The molecule has 0 aliphatic heterocycles. The average Bonchev–Trinajstić information content (AvgIpc) is 3.82. The zero-order valence-electron chi connectivity index (χ0n) is 29.3. The molecule has 11 rings (SSSR count). The molecule has 0 aliphatic carbocycles. The molecule has 9 aromatic carbocycles. The van der Waals surface area contributed by atoms with Gasteiger partial charge >= 0.3 is 0 Å². The fourth-order valence-corrected chi connectivity index (χ4v) is 11.0. The van der Waals surface area contributed by atoms with Crippen LogP contribution in [0.15, 0.2) is 194 Å². The van der Waals surface area contributed by atoms with Crippen LogP contribution in [-0.4, -0.2) is 0 Å². The number of benzene rings is 9. The predicted octanol–water partition coefficient (Wildman–Crippen LogP) is 15.9. The quantitative estimate of drug-likeness (QED) is 0.155. The Hall–Kier alpha value is -6.32. The lowest BCUT2D eigenvalue weighted by Crippen LogP contribution is -1.92. The third-order valence-electron chi connectivity index (χ3n) is 10.9. The molecule has 0 bridgehead atoms. The maximum Gasteiger partial charge on any atom is 0.0446 e. The van der Waals surface area contributed by atoms with Crippen molar-refractivity contribution in [2.45, 2.75) is 0 Å². The van der Waals surface area contributed by atoms with E-state index in [4.69, 9.17) is 0 Å². The van der Waals surface area contributed by atoms with Crippen LogP contribution in [-0.2, 0) is 0 Å². The number of hydrogen-bond donors (Lipinski definition) is 0. The third-order valence-corrected chi connectivity index (χ3v) is 13.2. The molecule has 2 aromatic heterocycles. The summed E-state index contributed by atoms with van der Waals surface area (Å²) in [7, 11) is 0. The molecule has 0 amide bonds. The van der Waals surface area contributed by atoms with E-state index in [0.29, 0.717) is 0 Å². The van der Waals surface area contributed by atoms with Crippen LogP contribution < -0.4 is 0 Å². The first-order chi connectivity index (χ1) is 26.8. The van der Waals surface area contributed by atoms with Crippen molar-refractivity contribution in [1.29, 1.82) is 0 Å². The molecular weight excluding hydrogens is 689 g/mol. The first-order valence-electron chi connectivity index (χ1n) is 18.4. The number of thiophene rings is 2. The summed E-state index contributed by atoms with van der Waals surface area (Å²) >= 11 is 3.83. The molecule has 11 aromatic rings. The highest BCUT2D eigenvalue weighted by atomic mass is 32.1. The van der Waals surface area contributed by atoms with E-state index in [2.05, 4.69) is 194 Å². The molecule has 0 fully saturated rings. The average molecular weight is 721 g/mol. The van der Waals surface area contributed by atoms with Crippen LogP contribution in [0.1, 0.15) is 0 Å². The minimum atomic E-state index is 1.22. The van der Waals surface area contributed by atoms with E-state index < -0.39 is 0 Å². The largest absolute Gasteiger partial charge is 0.134 e. The Labute approximate surface area is 321 Å². The normalized spacial score (nSPS) is 11.7. The van der Waals surface area contributed by atoms with Crippen molar-refractivity contribution in [2.24, 2.45) is 0 Å². The Bertz CT molecular complexity index is 3190. The Morgan fingerprint density at radius 3 is 1.17 bits per heavy atom. The van der Waals surface area contributed by atoms with E-state index in [-0.39, 0.29) is 0 Å². The van der Waals surface area contributed by atoms with Gasteiger partial charge in [-0.05, 0) is 84.9 Å². The second kappa shape index (κ2) is 12.7. The molecule has 0 radical (unpaired) electrons. The molecule has 54 heavy (non-hydrogen) atoms. The first kappa shape index (κ1) is 31.2. The van der Waals surface area contributed by atoms with Gasteiger partial charge in [0.1, 0.15) is 0 Å². The fraction of sp³-hybridized carbons (Fsp3) is 0. The summed E-state index contributed by atoms with van der Waals surface area (Å²) < 4.78 is 2.60. The molecule has 2 heteroatoms.